The van der Waals surface area contributed by atoms with Gasteiger partial charge in [-0.2, -0.15) is 0 Å². The Kier molecular flexibility index (Phi) is 61.0. The third-order valence-corrected chi connectivity index (χ3v) is 23.0. The molecule has 5 rings (SSSR count). The molecule has 0 N–H and O–H groups in total. The first-order chi connectivity index (χ1) is 60.1. The Morgan fingerprint density at radius 3 is 0.352 bits per heavy atom. The van der Waals surface area contributed by atoms with Crippen LogP contribution in [0.25, 0.3) is 60.8 Å². The van der Waals surface area contributed by atoms with Crippen molar-refractivity contribution in [3.63, 3.8) is 0 Å². The highest BCUT2D eigenvalue weighted by Crippen LogP contribution is 2.41. The van der Waals surface area contributed by atoms with Crippen LogP contribution >= 0.6 is 0 Å². The summed E-state index contributed by atoms with van der Waals surface area (Å²) in [6.45, 7) is 37.4. The van der Waals surface area contributed by atoms with Gasteiger partial charge in [-0.05, 0) is 125 Å². The van der Waals surface area contributed by atoms with E-state index in [1.54, 1.807) is 0 Å². The zero-order valence-corrected chi connectivity index (χ0v) is 79.5. The van der Waals surface area contributed by atoms with Crippen molar-refractivity contribution in [3.8, 4) is 57.5 Å². The van der Waals surface area contributed by atoms with Gasteiger partial charge in [0, 0.05) is 55.6 Å². The molecule has 0 saturated carbocycles. The predicted octanol–water partition coefficient (Wildman–Crippen LogP) is 35.1. The molecule has 0 aliphatic carbocycles. The van der Waals surface area contributed by atoms with Crippen LogP contribution < -0.4 is 47.4 Å². The topological polar surface area (TPSA) is 92.3 Å². The van der Waals surface area contributed by atoms with Crippen LogP contribution in [0.15, 0.2) is 73.8 Å². The monoisotopic (exact) mass is 1680 g/mol. The van der Waals surface area contributed by atoms with E-state index >= 15 is 0 Å². The summed E-state index contributed by atoms with van der Waals surface area (Å²) >= 11 is 0. The van der Waals surface area contributed by atoms with Crippen molar-refractivity contribution < 1.29 is 47.4 Å². The van der Waals surface area contributed by atoms with E-state index in [4.69, 9.17) is 47.4 Å². The minimum Gasteiger partial charge on any atom is -0.493 e. The first-order valence-electron chi connectivity index (χ1n) is 50.3. The second kappa shape index (κ2) is 70.8. The van der Waals surface area contributed by atoms with E-state index in [-0.39, 0.29) is 0 Å². The van der Waals surface area contributed by atoms with Crippen LogP contribution in [0.3, 0.4) is 0 Å². The average Bonchev–Trinajstić information content (AvgIpc) is 0.813. The van der Waals surface area contributed by atoms with Gasteiger partial charge >= 0.3 is 0 Å². The largest absolute Gasteiger partial charge is 0.493 e. The molecule has 0 amide bonds. The van der Waals surface area contributed by atoms with E-state index in [9.17, 15) is 0 Å². The molecule has 10 heteroatoms. The molecule has 0 aromatic heterocycles. The zero-order valence-electron chi connectivity index (χ0n) is 79.5. The second-order valence-electron chi connectivity index (χ2n) is 34.0. The summed E-state index contributed by atoms with van der Waals surface area (Å²) in [5.74, 6) is 8.11. The summed E-state index contributed by atoms with van der Waals surface area (Å²) in [4.78, 5) is 0. The lowest BCUT2D eigenvalue weighted by Crippen LogP contribution is -2.04. The van der Waals surface area contributed by atoms with Gasteiger partial charge in [0.25, 0.3) is 0 Å². The third kappa shape index (κ3) is 44.9. The Morgan fingerprint density at radius 2 is 0.246 bits per heavy atom. The number of rotatable bonds is 80. The van der Waals surface area contributed by atoms with Crippen molar-refractivity contribution in [1.29, 1.82) is 0 Å². The minimum absolute atomic E-state index is 0.590. The summed E-state index contributed by atoms with van der Waals surface area (Å²) in [5.41, 5.74) is 9.42. The molecule has 122 heavy (non-hydrogen) atoms. The molecule has 0 spiro atoms. The maximum Gasteiger partial charge on any atom is 0.127 e. The molecule has 0 atom stereocenters. The summed E-state index contributed by atoms with van der Waals surface area (Å²) in [6.07, 6.45) is 78.7. The molecule has 0 radical (unpaired) electrons. The van der Waals surface area contributed by atoms with E-state index in [0.717, 1.165) is 242 Å². The van der Waals surface area contributed by atoms with Gasteiger partial charge in [-0.15, -0.1) is 0 Å². The molecular formula is C112H174O10. The lowest BCUT2D eigenvalue weighted by atomic mass is 10.0. The molecule has 5 aromatic carbocycles. The lowest BCUT2D eigenvalue weighted by Gasteiger charge is -2.18. The molecule has 0 aliphatic heterocycles. The van der Waals surface area contributed by atoms with Crippen LogP contribution in [0.1, 0.15) is 446 Å². The average molecular weight is 1680 g/mol. The van der Waals surface area contributed by atoms with E-state index in [1.165, 1.54) is 193 Å². The second-order valence-corrected chi connectivity index (χ2v) is 34.0. The summed E-state index contributed by atoms with van der Waals surface area (Å²) in [5, 5.41) is 0. The maximum atomic E-state index is 7.09. The smallest absolute Gasteiger partial charge is 0.127 e. The predicted molar refractivity (Wildman–Crippen MR) is 531 cm³/mol. The number of ether oxygens (including phenoxy) is 10. The van der Waals surface area contributed by atoms with E-state index in [0.29, 0.717) is 66.1 Å². The van der Waals surface area contributed by atoms with Crippen molar-refractivity contribution in [3.05, 3.63) is 129 Å². The van der Waals surface area contributed by atoms with Crippen molar-refractivity contribution in [2.24, 2.45) is 0 Å². The fraction of sp³-hybridized carbons (Fsp3) is 0.625. The first-order valence-corrected chi connectivity index (χ1v) is 50.3. The quantitative estimate of drug-likeness (QED) is 0.0277. The van der Waals surface area contributed by atoms with Gasteiger partial charge in [-0.1, -0.05) is 400 Å². The Labute approximate surface area is 747 Å². The standard InChI is InChI=1S/C112H174O10/c1-13-25-35-45-55-73-113-103-85-95(105(83-93(103)23-11)115-75-57-47-37-27-15-3)65-67-97-87-109(119-79-61-51-41-31-19-7)99(89-107(97)117-77-59-49-39-29-17-5)69-71-101-91-112(122-82-64-54-44-34-22-10)102(92-111(101)121-81-63-53-43-33-21-9)72-70-100-90-108(118-78-60-50-40-30-18-6)98(88-110(100)120-80-62-52-42-32-20-8)68-66-96-86-104(114-74-56-46-36-26-14-2)94(24-12)84-106(96)116-76-58-48-38-28-16-4/h23-24,65-72,83-92H,11-22,25-64,73-82H2,1-10H3/b67-65+,68-66+,71-69+,72-70+. The molecule has 682 valence electrons. The molecule has 10 nitrogen and oxygen atoms in total. The number of hydrogen-bond acceptors (Lipinski definition) is 10. The van der Waals surface area contributed by atoms with Gasteiger partial charge in [0.2, 0.25) is 0 Å². The molecule has 0 saturated heterocycles. The van der Waals surface area contributed by atoms with Gasteiger partial charge < -0.3 is 47.4 Å². The first kappa shape index (κ1) is 105. The highest BCUT2D eigenvalue weighted by atomic mass is 16.5. The Balaban J connectivity index is 1.78. The van der Waals surface area contributed by atoms with E-state index < -0.39 is 0 Å². The van der Waals surface area contributed by atoms with Crippen molar-refractivity contribution in [2.75, 3.05) is 66.1 Å². The van der Waals surface area contributed by atoms with Gasteiger partial charge in [0.05, 0.1) is 66.1 Å². The third-order valence-electron chi connectivity index (χ3n) is 23.0. The summed E-state index contributed by atoms with van der Waals surface area (Å²) in [6, 6.07) is 21.8. The maximum absolute atomic E-state index is 7.09. The highest BCUT2D eigenvalue weighted by Gasteiger charge is 2.19. The molecule has 0 unspecified atom stereocenters. The van der Waals surface area contributed by atoms with Gasteiger partial charge in [0.15, 0.2) is 0 Å². The van der Waals surface area contributed by atoms with Crippen LogP contribution in [0.2, 0.25) is 0 Å². The number of hydrogen-bond donors (Lipinski definition) is 0. The molecule has 0 bridgehead atoms. The number of unbranched alkanes of at least 4 members (excludes halogenated alkanes) is 40. The molecular weight excluding hydrogens is 1510 g/mol. The van der Waals surface area contributed by atoms with Gasteiger partial charge in [-0.25, -0.2) is 0 Å². The highest BCUT2D eigenvalue weighted by molar-refractivity contribution is 5.85. The zero-order chi connectivity index (χ0) is 87.2. The van der Waals surface area contributed by atoms with Crippen molar-refractivity contribution >= 4 is 60.8 Å². The molecule has 5 aromatic rings. The van der Waals surface area contributed by atoms with E-state index in [2.05, 4.69) is 192 Å². The molecule has 0 heterocycles. The normalized spacial score (nSPS) is 11.6. The van der Waals surface area contributed by atoms with Crippen LogP contribution in [-0.2, 0) is 0 Å². The van der Waals surface area contributed by atoms with Crippen molar-refractivity contribution in [2.45, 2.75) is 390 Å². The van der Waals surface area contributed by atoms with Crippen LogP contribution in [0, 0.1) is 0 Å². The van der Waals surface area contributed by atoms with Gasteiger partial charge in [0.1, 0.15) is 57.5 Å². The van der Waals surface area contributed by atoms with Crippen molar-refractivity contribution in [1.82, 2.24) is 0 Å². The molecule has 0 aliphatic rings. The Hall–Kier alpha value is -7.46. The van der Waals surface area contributed by atoms with E-state index in [1.807, 2.05) is 12.2 Å². The summed E-state index contributed by atoms with van der Waals surface area (Å²) in [7, 11) is 0. The van der Waals surface area contributed by atoms with Gasteiger partial charge in [-0.3, -0.25) is 0 Å². The molecule has 0 fully saturated rings. The SMILES string of the molecule is C=Cc1cc(OCCCCCCC)c(/C=C/c2cc(OCCCCCCC)c(/C=C/c3cc(OCCCCCCC)c(/C=C/c4cc(OCCCCCCC)c(/C=C/c5cc(OCCCCCCC)c(C=C)cc5OCCCCCCC)cc4OCCCCCCC)cc3OCCCCCCC)cc2OCCCCCCC)cc1OCCCCCCC. The summed E-state index contributed by atoms with van der Waals surface area (Å²) < 4.78 is 69.0. The number of benzene rings is 5. The van der Waals surface area contributed by atoms with Crippen LogP contribution in [0.4, 0.5) is 0 Å². The fourth-order valence-corrected chi connectivity index (χ4v) is 15.2. The fourth-order valence-electron chi connectivity index (χ4n) is 15.2. The Bertz CT molecular complexity index is 3390. The Morgan fingerprint density at radius 1 is 0.148 bits per heavy atom. The minimum atomic E-state index is 0.590. The van der Waals surface area contributed by atoms with Crippen LogP contribution in [-0.4, -0.2) is 66.1 Å². The van der Waals surface area contributed by atoms with Crippen LogP contribution in [0.5, 0.6) is 57.5 Å². The lowest BCUT2D eigenvalue weighted by molar-refractivity contribution is 0.295.